The molecular weight excluding hydrogens is 384 g/mol. The van der Waals surface area contributed by atoms with Crippen LogP contribution in [0.4, 0.5) is 17.7 Å². The lowest BCUT2D eigenvalue weighted by Crippen LogP contribution is -2.16. The SMILES string of the molecule is O=C(c1cc(/C=C/c2nc3cnccc3c(=O)[nH]2)ccc1OC(F)F)N(F)F. The number of nitrogens with zero attached hydrogens (tertiary/aromatic N) is 3. The third kappa shape index (κ3) is 4.14. The molecule has 1 amide bonds. The first-order valence-corrected chi connectivity index (χ1v) is 7.62. The van der Waals surface area contributed by atoms with E-state index in [0.29, 0.717) is 10.9 Å². The fourth-order valence-corrected chi connectivity index (χ4v) is 2.37. The van der Waals surface area contributed by atoms with Crippen molar-refractivity contribution >= 4 is 29.0 Å². The highest BCUT2D eigenvalue weighted by Crippen LogP contribution is 2.25. The summed E-state index contributed by atoms with van der Waals surface area (Å²) in [5.74, 6) is -2.36. The Hall–Kier alpha value is -3.76. The van der Waals surface area contributed by atoms with Gasteiger partial charge in [-0.3, -0.25) is 14.6 Å². The number of hydrogen-bond donors (Lipinski definition) is 1. The molecule has 2 heterocycles. The van der Waals surface area contributed by atoms with Gasteiger partial charge in [-0.25, -0.2) is 4.98 Å². The number of amides is 1. The van der Waals surface area contributed by atoms with E-state index in [4.69, 9.17) is 0 Å². The van der Waals surface area contributed by atoms with Crippen LogP contribution in [0.1, 0.15) is 21.7 Å². The van der Waals surface area contributed by atoms with E-state index in [9.17, 15) is 27.3 Å². The Morgan fingerprint density at radius 2 is 2.00 bits per heavy atom. The Balaban J connectivity index is 1.97. The monoisotopic (exact) mass is 394 g/mol. The Morgan fingerprint density at radius 3 is 2.71 bits per heavy atom. The van der Waals surface area contributed by atoms with E-state index in [0.717, 1.165) is 12.1 Å². The minimum atomic E-state index is -3.29. The van der Waals surface area contributed by atoms with Crippen LogP contribution in [0.15, 0.2) is 41.5 Å². The lowest BCUT2D eigenvalue weighted by molar-refractivity contribution is -0.109. The Kier molecular flexibility index (Phi) is 5.34. The van der Waals surface area contributed by atoms with E-state index in [2.05, 4.69) is 19.7 Å². The minimum absolute atomic E-state index is 0.142. The largest absolute Gasteiger partial charge is 0.434 e. The lowest BCUT2D eigenvalue weighted by Gasteiger charge is -2.10. The molecule has 3 aromatic rings. The first-order valence-electron chi connectivity index (χ1n) is 7.62. The van der Waals surface area contributed by atoms with Gasteiger partial charge in [-0.2, -0.15) is 8.78 Å². The third-order valence-electron chi connectivity index (χ3n) is 3.56. The highest BCUT2D eigenvalue weighted by molar-refractivity contribution is 5.96. The van der Waals surface area contributed by atoms with Crippen LogP contribution in [0.25, 0.3) is 23.1 Å². The smallest absolute Gasteiger partial charge is 0.387 e. The van der Waals surface area contributed by atoms with Gasteiger partial charge in [-0.1, -0.05) is 21.1 Å². The van der Waals surface area contributed by atoms with Gasteiger partial charge in [0.1, 0.15) is 11.6 Å². The van der Waals surface area contributed by atoms with Gasteiger partial charge in [0.05, 0.1) is 22.7 Å². The van der Waals surface area contributed by atoms with Crippen molar-refractivity contribution in [3.8, 4) is 5.75 Å². The number of benzene rings is 1. The third-order valence-corrected chi connectivity index (χ3v) is 3.56. The molecule has 0 unspecified atom stereocenters. The van der Waals surface area contributed by atoms with E-state index in [-0.39, 0.29) is 11.4 Å². The summed E-state index contributed by atoms with van der Waals surface area (Å²) in [5, 5.41) is -1.41. The van der Waals surface area contributed by atoms with Crippen molar-refractivity contribution in [1.29, 1.82) is 0 Å². The summed E-state index contributed by atoms with van der Waals surface area (Å²) in [6.45, 7) is -3.29. The van der Waals surface area contributed by atoms with E-state index in [1.54, 1.807) is 0 Å². The highest BCUT2D eigenvalue weighted by atomic mass is 19.4. The molecule has 0 aliphatic heterocycles. The number of pyridine rings is 1. The van der Waals surface area contributed by atoms with Crippen molar-refractivity contribution in [2.75, 3.05) is 0 Å². The van der Waals surface area contributed by atoms with Gasteiger partial charge in [0.25, 0.3) is 5.56 Å². The maximum absolute atomic E-state index is 12.6. The molecule has 144 valence electrons. The average molecular weight is 394 g/mol. The maximum Gasteiger partial charge on any atom is 0.387 e. The summed E-state index contributed by atoms with van der Waals surface area (Å²) in [4.78, 5) is 34.1. The number of aromatic amines is 1. The van der Waals surface area contributed by atoms with Crippen LogP contribution in [-0.4, -0.2) is 32.8 Å². The molecule has 0 atom stereocenters. The molecule has 1 aromatic carbocycles. The minimum Gasteiger partial charge on any atom is -0.434 e. The average Bonchev–Trinajstić information content (AvgIpc) is 2.66. The summed E-state index contributed by atoms with van der Waals surface area (Å²) in [5.41, 5.74) is -0.612. The van der Waals surface area contributed by atoms with E-state index >= 15 is 0 Å². The fourth-order valence-electron chi connectivity index (χ4n) is 2.37. The number of H-pyrrole nitrogens is 1. The molecule has 7 nitrogen and oxygen atoms in total. The number of fused-ring (bicyclic) bond motifs is 1. The van der Waals surface area contributed by atoms with Gasteiger partial charge in [-0.15, -0.1) is 0 Å². The molecule has 0 aliphatic carbocycles. The summed E-state index contributed by atoms with van der Waals surface area (Å²) in [6, 6.07) is 4.67. The summed E-state index contributed by atoms with van der Waals surface area (Å²) in [7, 11) is 0. The second-order valence-electron chi connectivity index (χ2n) is 5.35. The van der Waals surface area contributed by atoms with Crippen molar-refractivity contribution < 1.29 is 27.3 Å². The highest BCUT2D eigenvalue weighted by Gasteiger charge is 2.22. The standard InChI is InChI=1S/C17H10F4N4O3/c18-17(19)28-13-3-1-9(7-11(13)16(27)25(20)21)2-4-14-23-12-8-22-6-5-10(12)15(26)24-14/h1-8,17H,(H,23,24,26)/b4-2+. The summed E-state index contributed by atoms with van der Waals surface area (Å²) in [6.07, 6.45) is 5.54. The van der Waals surface area contributed by atoms with Gasteiger partial charge in [0.2, 0.25) is 0 Å². The molecule has 3 rings (SSSR count). The van der Waals surface area contributed by atoms with Crippen molar-refractivity contribution in [3.63, 3.8) is 0 Å². The Labute approximate surface area is 153 Å². The first kappa shape index (κ1) is 19.0. The zero-order valence-electron chi connectivity index (χ0n) is 13.8. The van der Waals surface area contributed by atoms with Gasteiger partial charge in [-0.05, 0) is 29.8 Å². The second-order valence-corrected chi connectivity index (χ2v) is 5.35. The van der Waals surface area contributed by atoms with E-state index < -0.39 is 34.7 Å². The molecule has 28 heavy (non-hydrogen) atoms. The van der Waals surface area contributed by atoms with E-state index in [1.165, 1.54) is 36.7 Å². The van der Waals surface area contributed by atoms with Crippen LogP contribution in [0.3, 0.4) is 0 Å². The van der Waals surface area contributed by atoms with Gasteiger partial charge < -0.3 is 9.72 Å². The zero-order chi connectivity index (χ0) is 20.3. The molecular formula is C17H10F4N4O3. The van der Waals surface area contributed by atoms with Crippen LogP contribution < -0.4 is 10.3 Å². The number of nitrogens with one attached hydrogen (secondary N) is 1. The molecule has 0 aliphatic rings. The predicted molar refractivity (Wildman–Crippen MR) is 90.5 cm³/mol. The molecule has 0 fully saturated rings. The zero-order valence-corrected chi connectivity index (χ0v) is 13.8. The molecule has 0 bridgehead atoms. The predicted octanol–water partition coefficient (Wildman–Crippen LogP) is 3.30. The fraction of sp³-hybridized carbons (Fsp3) is 0.0588. The van der Waals surface area contributed by atoms with Crippen molar-refractivity contribution in [3.05, 3.63) is 64.0 Å². The molecule has 0 saturated carbocycles. The summed E-state index contributed by atoms with van der Waals surface area (Å²) < 4.78 is 54.1. The topological polar surface area (TPSA) is 88.2 Å². The van der Waals surface area contributed by atoms with Crippen LogP contribution in [0.2, 0.25) is 0 Å². The van der Waals surface area contributed by atoms with Crippen LogP contribution in [-0.2, 0) is 0 Å². The number of alkyl halides is 2. The molecule has 0 saturated heterocycles. The Morgan fingerprint density at radius 1 is 1.21 bits per heavy atom. The van der Waals surface area contributed by atoms with Crippen molar-refractivity contribution in [1.82, 2.24) is 20.3 Å². The number of carbonyl (C=O) groups excluding carboxylic acids is 1. The number of carbonyl (C=O) groups is 1. The number of hydrogen-bond acceptors (Lipinski definition) is 5. The van der Waals surface area contributed by atoms with Gasteiger partial charge >= 0.3 is 12.5 Å². The van der Waals surface area contributed by atoms with Gasteiger partial charge in [0, 0.05) is 11.5 Å². The molecule has 0 spiro atoms. The molecule has 11 heteroatoms. The second kappa shape index (κ2) is 7.86. The van der Waals surface area contributed by atoms with Crippen LogP contribution in [0, 0.1) is 0 Å². The van der Waals surface area contributed by atoms with Crippen molar-refractivity contribution in [2.24, 2.45) is 0 Å². The van der Waals surface area contributed by atoms with Crippen molar-refractivity contribution in [2.45, 2.75) is 6.61 Å². The number of rotatable bonds is 5. The lowest BCUT2D eigenvalue weighted by atomic mass is 10.1. The molecule has 0 radical (unpaired) electrons. The maximum atomic E-state index is 12.6. The molecule has 2 aromatic heterocycles. The van der Waals surface area contributed by atoms with Crippen LogP contribution >= 0.6 is 0 Å². The van der Waals surface area contributed by atoms with Gasteiger partial charge in [0.15, 0.2) is 0 Å². The van der Waals surface area contributed by atoms with E-state index in [1.807, 2.05) is 0 Å². The number of halogens is 4. The Bertz CT molecular complexity index is 1110. The first-order chi connectivity index (χ1) is 13.3. The molecule has 1 N–H and O–H groups in total. The summed E-state index contributed by atoms with van der Waals surface area (Å²) >= 11 is 0. The normalized spacial score (nSPS) is 11.3. The number of aromatic nitrogens is 3. The quantitative estimate of drug-likeness (QED) is 0.530. The van der Waals surface area contributed by atoms with Crippen LogP contribution in [0.5, 0.6) is 5.75 Å². The number of ether oxygens (including phenoxy) is 1.